The molecule has 1 aliphatic carbocycles. The van der Waals surface area contributed by atoms with Crippen molar-refractivity contribution >= 4 is 5.91 Å². The lowest BCUT2D eigenvalue weighted by molar-refractivity contribution is -0.122. The second kappa shape index (κ2) is 5.67. The van der Waals surface area contributed by atoms with Crippen LogP contribution in [0.1, 0.15) is 52.9 Å². The molecule has 94 valence electrons. The fourth-order valence-corrected chi connectivity index (χ4v) is 2.05. The first-order valence-corrected chi connectivity index (χ1v) is 6.42. The Bertz CT molecular complexity index is 227. The number of carbonyl (C=O) groups is 1. The summed E-state index contributed by atoms with van der Waals surface area (Å²) in [5, 5.41) is 3.01. The highest BCUT2D eigenvalue weighted by Crippen LogP contribution is 2.24. The molecule has 0 heterocycles. The summed E-state index contributed by atoms with van der Waals surface area (Å²) < 4.78 is 0. The summed E-state index contributed by atoms with van der Waals surface area (Å²) in [6, 6.07) is -0.0592. The van der Waals surface area contributed by atoms with E-state index >= 15 is 0 Å². The number of carbonyl (C=O) groups excluding carboxylic acids is 1. The largest absolute Gasteiger partial charge is 0.356 e. The molecular weight excluding hydrogens is 200 g/mol. The Morgan fingerprint density at radius 3 is 2.44 bits per heavy atom. The summed E-state index contributed by atoms with van der Waals surface area (Å²) in [6.45, 7) is 7.06. The van der Waals surface area contributed by atoms with Crippen LogP contribution in [0.5, 0.6) is 0 Å². The van der Waals surface area contributed by atoms with Gasteiger partial charge in [0.1, 0.15) is 0 Å². The van der Waals surface area contributed by atoms with Crippen molar-refractivity contribution in [3.05, 3.63) is 0 Å². The van der Waals surface area contributed by atoms with E-state index in [1.165, 1.54) is 25.7 Å². The second-order valence-electron chi connectivity index (χ2n) is 6.13. The van der Waals surface area contributed by atoms with Crippen LogP contribution < -0.4 is 11.1 Å². The summed E-state index contributed by atoms with van der Waals surface area (Å²) in [7, 11) is 0. The molecule has 1 rings (SSSR count). The van der Waals surface area contributed by atoms with Gasteiger partial charge in [0.25, 0.3) is 0 Å². The topological polar surface area (TPSA) is 55.1 Å². The molecule has 1 unspecified atom stereocenters. The zero-order chi connectivity index (χ0) is 12.2. The third-order valence-corrected chi connectivity index (χ3v) is 3.58. The maximum atomic E-state index is 11.7. The van der Waals surface area contributed by atoms with Gasteiger partial charge in [0.05, 0.1) is 0 Å². The standard InChI is InChI=1S/C13H26N2O/c1-13(2,3)11(14)8-12(16)15-9-10-6-4-5-7-10/h10-11H,4-9,14H2,1-3H3,(H,15,16). The molecule has 0 radical (unpaired) electrons. The number of nitrogens with one attached hydrogen (secondary N) is 1. The summed E-state index contributed by atoms with van der Waals surface area (Å²) in [4.78, 5) is 11.7. The predicted molar refractivity (Wildman–Crippen MR) is 67.0 cm³/mol. The van der Waals surface area contributed by atoms with Crippen molar-refractivity contribution in [3.8, 4) is 0 Å². The number of nitrogens with two attached hydrogens (primary N) is 1. The van der Waals surface area contributed by atoms with Gasteiger partial charge in [-0.1, -0.05) is 33.6 Å². The highest BCUT2D eigenvalue weighted by atomic mass is 16.1. The zero-order valence-corrected chi connectivity index (χ0v) is 10.9. The van der Waals surface area contributed by atoms with Gasteiger partial charge in [-0.2, -0.15) is 0 Å². The van der Waals surface area contributed by atoms with Crippen LogP contribution in [0.2, 0.25) is 0 Å². The molecular formula is C13H26N2O. The number of rotatable bonds is 4. The molecule has 0 bridgehead atoms. The molecule has 0 aromatic rings. The average molecular weight is 226 g/mol. The van der Waals surface area contributed by atoms with Crippen molar-refractivity contribution in [1.29, 1.82) is 0 Å². The van der Waals surface area contributed by atoms with Crippen molar-refractivity contribution in [3.63, 3.8) is 0 Å². The van der Waals surface area contributed by atoms with Crippen molar-refractivity contribution in [2.45, 2.75) is 58.9 Å². The third kappa shape index (κ3) is 4.52. The maximum Gasteiger partial charge on any atom is 0.221 e. The molecule has 3 nitrogen and oxygen atoms in total. The van der Waals surface area contributed by atoms with Crippen LogP contribution in [0, 0.1) is 11.3 Å². The highest BCUT2D eigenvalue weighted by Gasteiger charge is 2.23. The predicted octanol–water partition coefficient (Wildman–Crippen LogP) is 2.06. The third-order valence-electron chi connectivity index (χ3n) is 3.58. The van der Waals surface area contributed by atoms with Crippen molar-refractivity contribution in [1.82, 2.24) is 5.32 Å². The molecule has 0 aliphatic heterocycles. The Kier molecular flexibility index (Phi) is 4.78. The van der Waals surface area contributed by atoms with Gasteiger partial charge in [-0.3, -0.25) is 4.79 Å². The van der Waals surface area contributed by atoms with Crippen LogP contribution in [0.15, 0.2) is 0 Å². The number of amides is 1. The normalized spacial score (nSPS) is 19.8. The Morgan fingerprint density at radius 2 is 1.94 bits per heavy atom. The van der Waals surface area contributed by atoms with Crippen LogP contribution in [0.25, 0.3) is 0 Å². The van der Waals surface area contributed by atoms with Gasteiger partial charge in [0.15, 0.2) is 0 Å². The van der Waals surface area contributed by atoms with Crippen LogP contribution in [0.4, 0.5) is 0 Å². The summed E-state index contributed by atoms with van der Waals surface area (Å²) in [5.41, 5.74) is 5.98. The molecule has 3 N–H and O–H groups in total. The minimum atomic E-state index is -0.0592. The molecule has 0 saturated heterocycles. The molecule has 1 saturated carbocycles. The molecule has 0 aromatic carbocycles. The minimum absolute atomic E-state index is 0.00466. The first-order chi connectivity index (χ1) is 7.39. The molecule has 1 amide bonds. The molecule has 1 fully saturated rings. The molecule has 1 atom stereocenters. The summed E-state index contributed by atoms with van der Waals surface area (Å²) in [5.74, 6) is 0.809. The average Bonchev–Trinajstić information content (AvgIpc) is 2.65. The van der Waals surface area contributed by atoms with Crippen LogP contribution in [0.3, 0.4) is 0 Å². The van der Waals surface area contributed by atoms with Gasteiger partial charge in [0.2, 0.25) is 5.91 Å². The highest BCUT2D eigenvalue weighted by molar-refractivity contribution is 5.76. The smallest absolute Gasteiger partial charge is 0.221 e. The maximum absolute atomic E-state index is 11.7. The fourth-order valence-electron chi connectivity index (χ4n) is 2.05. The fraction of sp³-hybridized carbons (Fsp3) is 0.923. The van der Waals surface area contributed by atoms with E-state index in [1.54, 1.807) is 0 Å². The molecule has 1 aliphatic rings. The molecule has 0 aromatic heterocycles. The summed E-state index contributed by atoms with van der Waals surface area (Å²) in [6.07, 6.45) is 5.62. The Labute approximate surface area is 99.2 Å². The van der Waals surface area contributed by atoms with E-state index in [1.807, 2.05) is 0 Å². The van der Waals surface area contributed by atoms with E-state index in [0.717, 1.165) is 6.54 Å². The minimum Gasteiger partial charge on any atom is -0.356 e. The lowest BCUT2D eigenvalue weighted by atomic mass is 9.85. The van der Waals surface area contributed by atoms with E-state index in [4.69, 9.17) is 5.73 Å². The van der Waals surface area contributed by atoms with Gasteiger partial charge < -0.3 is 11.1 Å². The molecule has 0 spiro atoms. The van der Waals surface area contributed by atoms with Crippen LogP contribution in [-0.4, -0.2) is 18.5 Å². The van der Waals surface area contributed by atoms with E-state index in [-0.39, 0.29) is 17.4 Å². The van der Waals surface area contributed by atoms with Gasteiger partial charge in [-0.15, -0.1) is 0 Å². The van der Waals surface area contributed by atoms with E-state index in [0.29, 0.717) is 12.3 Å². The first kappa shape index (κ1) is 13.5. The number of hydrogen-bond acceptors (Lipinski definition) is 2. The SMILES string of the molecule is CC(C)(C)C(N)CC(=O)NCC1CCCC1. The Balaban J connectivity index is 2.20. The first-order valence-electron chi connectivity index (χ1n) is 6.42. The van der Waals surface area contributed by atoms with Crippen molar-refractivity contribution in [2.24, 2.45) is 17.1 Å². The molecule has 16 heavy (non-hydrogen) atoms. The van der Waals surface area contributed by atoms with E-state index in [9.17, 15) is 4.79 Å². The van der Waals surface area contributed by atoms with Crippen LogP contribution >= 0.6 is 0 Å². The lowest BCUT2D eigenvalue weighted by Gasteiger charge is -2.26. The van der Waals surface area contributed by atoms with Crippen LogP contribution in [-0.2, 0) is 4.79 Å². The lowest BCUT2D eigenvalue weighted by Crippen LogP contribution is -2.40. The van der Waals surface area contributed by atoms with Crippen molar-refractivity contribution < 1.29 is 4.79 Å². The van der Waals surface area contributed by atoms with Gasteiger partial charge in [0, 0.05) is 19.0 Å². The second-order valence-corrected chi connectivity index (χ2v) is 6.13. The van der Waals surface area contributed by atoms with Gasteiger partial charge in [-0.05, 0) is 24.2 Å². The van der Waals surface area contributed by atoms with Gasteiger partial charge in [-0.25, -0.2) is 0 Å². The Morgan fingerprint density at radius 1 is 1.38 bits per heavy atom. The number of hydrogen-bond donors (Lipinski definition) is 2. The quantitative estimate of drug-likeness (QED) is 0.771. The Hall–Kier alpha value is -0.570. The monoisotopic (exact) mass is 226 g/mol. The van der Waals surface area contributed by atoms with Gasteiger partial charge >= 0.3 is 0 Å². The van der Waals surface area contributed by atoms with Crippen molar-refractivity contribution in [2.75, 3.05) is 6.54 Å². The zero-order valence-electron chi connectivity index (χ0n) is 10.9. The van der Waals surface area contributed by atoms with E-state index < -0.39 is 0 Å². The van der Waals surface area contributed by atoms with E-state index in [2.05, 4.69) is 26.1 Å². The molecule has 3 heteroatoms. The summed E-state index contributed by atoms with van der Waals surface area (Å²) >= 11 is 0.